The normalized spacial score (nSPS) is 33.8. The van der Waals surface area contributed by atoms with Crippen molar-refractivity contribution in [3.63, 3.8) is 0 Å². The maximum atomic E-state index is 13.1. The van der Waals surface area contributed by atoms with Gasteiger partial charge in [0.15, 0.2) is 0 Å². The molecule has 0 bridgehead atoms. The van der Waals surface area contributed by atoms with Gasteiger partial charge in [-0.1, -0.05) is 19.1 Å². The van der Waals surface area contributed by atoms with Gasteiger partial charge >= 0.3 is 0 Å². The first-order chi connectivity index (χ1) is 9.59. The van der Waals surface area contributed by atoms with Gasteiger partial charge in [-0.25, -0.2) is 4.39 Å². The molecule has 0 radical (unpaired) electrons. The van der Waals surface area contributed by atoms with Crippen LogP contribution >= 0.6 is 0 Å². The fourth-order valence-corrected chi connectivity index (χ4v) is 3.28. The van der Waals surface area contributed by atoms with Crippen molar-refractivity contribution in [3.8, 4) is 0 Å². The minimum absolute atomic E-state index is 0.0848. The number of hydrogen-bond donors (Lipinski definition) is 1. The Morgan fingerprint density at radius 2 is 2.00 bits per heavy atom. The van der Waals surface area contributed by atoms with Gasteiger partial charge in [-0.15, -0.1) is 0 Å². The quantitative estimate of drug-likeness (QED) is 0.918. The van der Waals surface area contributed by atoms with Gasteiger partial charge in [-0.2, -0.15) is 0 Å². The van der Waals surface area contributed by atoms with E-state index in [4.69, 9.17) is 0 Å². The summed E-state index contributed by atoms with van der Waals surface area (Å²) in [7, 11) is 0. The summed E-state index contributed by atoms with van der Waals surface area (Å²) in [5, 5.41) is 3.48. The minimum Gasteiger partial charge on any atom is -0.321 e. The fourth-order valence-electron chi connectivity index (χ4n) is 3.28. The summed E-state index contributed by atoms with van der Waals surface area (Å²) in [6.07, 6.45) is 2.99. The van der Waals surface area contributed by atoms with Gasteiger partial charge in [0.1, 0.15) is 17.5 Å². The third-order valence-electron chi connectivity index (χ3n) is 5.04. The van der Waals surface area contributed by atoms with Gasteiger partial charge in [-0.05, 0) is 48.8 Å². The first kappa shape index (κ1) is 12.3. The van der Waals surface area contributed by atoms with Crippen molar-refractivity contribution in [2.24, 2.45) is 11.8 Å². The first-order valence-corrected chi connectivity index (χ1v) is 7.43. The lowest BCUT2D eigenvalue weighted by molar-refractivity contribution is -0.131. The van der Waals surface area contributed by atoms with E-state index < -0.39 is 0 Å². The maximum absolute atomic E-state index is 13.1. The monoisotopic (exact) mass is 274 g/mol. The van der Waals surface area contributed by atoms with E-state index in [-0.39, 0.29) is 23.4 Å². The lowest BCUT2D eigenvalue weighted by atomic mass is 10.1. The summed E-state index contributed by atoms with van der Waals surface area (Å²) in [5.41, 5.74) is 0.675. The molecule has 1 spiro atoms. The molecule has 1 amide bonds. The second-order valence-electron chi connectivity index (χ2n) is 6.61. The molecule has 3 unspecified atom stereocenters. The van der Waals surface area contributed by atoms with E-state index in [9.17, 15) is 9.18 Å². The summed E-state index contributed by atoms with van der Waals surface area (Å²) >= 11 is 0. The zero-order chi connectivity index (χ0) is 13.9. The van der Waals surface area contributed by atoms with E-state index in [0.29, 0.717) is 5.92 Å². The van der Waals surface area contributed by atoms with E-state index in [2.05, 4.69) is 12.2 Å². The molecule has 1 aliphatic heterocycles. The van der Waals surface area contributed by atoms with Crippen LogP contribution in [0.4, 0.5) is 4.39 Å². The van der Waals surface area contributed by atoms with E-state index in [0.717, 1.165) is 30.9 Å². The van der Waals surface area contributed by atoms with Crippen molar-refractivity contribution in [2.45, 2.75) is 37.9 Å². The van der Waals surface area contributed by atoms with Gasteiger partial charge in [0, 0.05) is 6.54 Å². The average molecular weight is 274 g/mol. The van der Waals surface area contributed by atoms with Gasteiger partial charge in [-0.3, -0.25) is 10.1 Å². The molecular formula is C16H19FN2O. The highest BCUT2D eigenvalue weighted by atomic mass is 19.1. The molecule has 106 valence electrons. The summed E-state index contributed by atoms with van der Waals surface area (Å²) in [6, 6.07) is 6.50. The number of benzene rings is 1. The first-order valence-electron chi connectivity index (χ1n) is 7.43. The highest BCUT2D eigenvalue weighted by Gasteiger charge is 2.60. The Balaban J connectivity index is 1.61. The standard InChI is InChI=1S/C16H19FN2O/c1-10-8-12(10)9-19-14(11-2-4-13(17)5-3-11)18-16(6-7-16)15(19)20/h2-5,10,12,14,18H,6-9H2,1H3. The summed E-state index contributed by atoms with van der Waals surface area (Å²) in [5.74, 6) is 1.37. The smallest absolute Gasteiger partial charge is 0.244 e. The molecule has 3 fully saturated rings. The molecule has 4 rings (SSSR count). The van der Waals surface area contributed by atoms with E-state index in [1.54, 1.807) is 12.1 Å². The third kappa shape index (κ3) is 1.85. The maximum Gasteiger partial charge on any atom is 0.244 e. The van der Waals surface area contributed by atoms with E-state index in [1.165, 1.54) is 18.6 Å². The number of hydrogen-bond acceptors (Lipinski definition) is 2. The Morgan fingerprint density at radius 1 is 1.35 bits per heavy atom. The van der Waals surface area contributed by atoms with Crippen LogP contribution in [0.15, 0.2) is 24.3 Å². The van der Waals surface area contributed by atoms with Crippen LogP contribution in [-0.4, -0.2) is 22.9 Å². The largest absolute Gasteiger partial charge is 0.321 e. The van der Waals surface area contributed by atoms with Gasteiger partial charge in [0.25, 0.3) is 0 Å². The average Bonchev–Trinajstić information content (AvgIpc) is 3.32. The molecule has 2 aliphatic carbocycles. The lowest BCUT2D eigenvalue weighted by Gasteiger charge is -2.24. The molecule has 3 atom stereocenters. The fraction of sp³-hybridized carbons (Fsp3) is 0.562. The SMILES string of the molecule is CC1CC1CN1C(=O)C2(CC2)NC1c1ccc(F)cc1. The number of carbonyl (C=O) groups excluding carboxylic acids is 1. The Kier molecular flexibility index (Phi) is 2.49. The second kappa shape index (κ2) is 4.04. The molecule has 2 saturated carbocycles. The van der Waals surface area contributed by atoms with Crippen molar-refractivity contribution in [3.05, 3.63) is 35.6 Å². The molecule has 3 nitrogen and oxygen atoms in total. The van der Waals surface area contributed by atoms with E-state index >= 15 is 0 Å². The predicted molar refractivity (Wildman–Crippen MR) is 73.2 cm³/mol. The molecule has 1 heterocycles. The van der Waals surface area contributed by atoms with Gasteiger partial charge < -0.3 is 4.90 Å². The van der Waals surface area contributed by atoms with Crippen LogP contribution in [-0.2, 0) is 4.79 Å². The van der Waals surface area contributed by atoms with Crippen LogP contribution in [0.5, 0.6) is 0 Å². The van der Waals surface area contributed by atoms with Gasteiger partial charge in [0.2, 0.25) is 5.91 Å². The zero-order valence-electron chi connectivity index (χ0n) is 11.6. The molecule has 0 aromatic heterocycles. The van der Waals surface area contributed by atoms with Crippen LogP contribution in [0.3, 0.4) is 0 Å². The molecule has 1 N–H and O–H groups in total. The highest BCUT2D eigenvalue weighted by molar-refractivity contribution is 5.92. The molecule has 20 heavy (non-hydrogen) atoms. The Bertz CT molecular complexity index is 552. The number of carbonyl (C=O) groups is 1. The number of halogens is 1. The third-order valence-corrected chi connectivity index (χ3v) is 5.04. The minimum atomic E-state index is -0.308. The Labute approximate surface area is 118 Å². The van der Waals surface area contributed by atoms with Gasteiger partial charge in [0.05, 0.1) is 0 Å². The number of nitrogens with zero attached hydrogens (tertiary/aromatic N) is 1. The predicted octanol–water partition coefficient (Wildman–Crippen LogP) is 2.44. The van der Waals surface area contributed by atoms with Crippen LogP contribution < -0.4 is 5.32 Å². The highest BCUT2D eigenvalue weighted by Crippen LogP contribution is 2.48. The molecular weight excluding hydrogens is 255 g/mol. The van der Waals surface area contributed by atoms with Crippen LogP contribution in [0.2, 0.25) is 0 Å². The van der Waals surface area contributed by atoms with Crippen molar-refractivity contribution in [1.29, 1.82) is 0 Å². The van der Waals surface area contributed by atoms with Crippen LogP contribution in [0, 0.1) is 17.7 Å². The van der Waals surface area contributed by atoms with Crippen molar-refractivity contribution in [2.75, 3.05) is 6.54 Å². The Morgan fingerprint density at radius 3 is 2.55 bits per heavy atom. The summed E-state index contributed by atoms with van der Waals surface area (Å²) in [4.78, 5) is 14.6. The molecule has 1 aromatic carbocycles. The number of rotatable bonds is 3. The molecule has 4 heteroatoms. The number of amides is 1. The van der Waals surface area contributed by atoms with Crippen molar-refractivity contribution < 1.29 is 9.18 Å². The van der Waals surface area contributed by atoms with Crippen molar-refractivity contribution >= 4 is 5.91 Å². The molecule has 1 saturated heterocycles. The topological polar surface area (TPSA) is 32.3 Å². The van der Waals surface area contributed by atoms with Crippen LogP contribution in [0.1, 0.15) is 37.9 Å². The molecule has 1 aromatic rings. The summed E-state index contributed by atoms with van der Waals surface area (Å²) in [6.45, 7) is 3.06. The van der Waals surface area contributed by atoms with Crippen molar-refractivity contribution in [1.82, 2.24) is 10.2 Å². The molecule has 3 aliphatic rings. The lowest BCUT2D eigenvalue weighted by Crippen LogP contribution is -2.33. The Hall–Kier alpha value is -1.42. The van der Waals surface area contributed by atoms with Crippen LogP contribution in [0.25, 0.3) is 0 Å². The second-order valence-corrected chi connectivity index (χ2v) is 6.61. The number of nitrogens with one attached hydrogen (secondary N) is 1. The van der Waals surface area contributed by atoms with E-state index in [1.807, 2.05) is 4.90 Å². The zero-order valence-corrected chi connectivity index (χ0v) is 11.6. The summed E-state index contributed by atoms with van der Waals surface area (Å²) < 4.78 is 13.1.